The Morgan fingerprint density at radius 2 is 1.90 bits per heavy atom. The summed E-state index contributed by atoms with van der Waals surface area (Å²) in [6.45, 7) is 1.91. The van der Waals surface area contributed by atoms with Gasteiger partial charge in [-0.15, -0.1) is 0 Å². The number of nitrogens with zero attached hydrogens (tertiary/aromatic N) is 1. The summed E-state index contributed by atoms with van der Waals surface area (Å²) in [5.74, 6) is 2.10. The van der Waals surface area contributed by atoms with E-state index in [0.717, 1.165) is 37.1 Å². The zero-order valence-electron chi connectivity index (χ0n) is 17.5. The maximum Gasteiger partial charge on any atom is 0.225 e. The normalized spacial score (nSPS) is 21.0. The number of carbonyl (C=O) groups is 1. The lowest BCUT2D eigenvalue weighted by atomic mass is 9.83. The van der Waals surface area contributed by atoms with E-state index in [2.05, 4.69) is 10.6 Å². The molecule has 7 heteroatoms. The molecular formula is C23H29N3O4. The topological polar surface area (TPSA) is 81.7 Å². The monoisotopic (exact) mass is 411 g/mol. The average molecular weight is 412 g/mol. The van der Waals surface area contributed by atoms with Gasteiger partial charge in [0.25, 0.3) is 0 Å². The van der Waals surface area contributed by atoms with Gasteiger partial charge in [0.2, 0.25) is 11.8 Å². The van der Waals surface area contributed by atoms with Crippen LogP contribution in [0.1, 0.15) is 36.4 Å². The van der Waals surface area contributed by atoms with Gasteiger partial charge in [-0.2, -0.15) is 0 Å². The standard InChI is InChI=1S/C23H29N3O4/c1-28-17-10-15(11-18(12-17)29-2)14-30-22-5-3-4-21(26-22)19-8-9-24-13-20(19)23(27)25-16-6-7-16/h3-5,10-12,16,19-20,24H,6-9,13-14H2,1-2H3,(H,25,27)/t19?,20-/m0/s1. The van der Waals surface area contributed by atoms with Crippen LogP contribution >= 0.6 is 0 Å². The predicted octanol–water partition coefficient (Wildman–Crippen LogP) is 2.65. The van der Waals surface area contributed by atoms with E-state index in [1.165, 1.54) is 0 Å². The maximum absolute atomic E-state index is 12.7. The van der Waals surface area contributed by atoms with E-state index >= 15 is 0 Å². The van der Waals surface area contributed by atoms with Gasteiger partial charge in [-0.3, -0.25) is 4.79 Å². The fourth-order valence-electron chi connectivity index (χ4n) is 3.85. The molecule has 1 amide bonds. The molecule has 1 saturated carbocycles. The SMILES string of the molecule is COc1cc(COc2cccc(C3CCNC[C@@H]3C(=O)NC3CC3)n2)cc(OC)c1. The van der Waals surface area contributed by atoms with Gasteiger partial charge in [-0.1, -0.05) is 6.07 Å². The predicted molar refractivity (Wildman–Crippen MR) is 113 cm³/mol. The largest absolute Gasteiger partial charge is 0.497 e. The Bertz CT molecular complexity index is 862. The highest BCUT2D eigenvalue weighted by molar-refractivity contribution is 5.80. The number of hydrogen-bond acceptors (Lipinski definition) is 6. The molecule has 4 rings (SSSR count). The van der Waals surface area contributed by atoms with Crippen molar-refractivity contribution in [3.05, 3.63) is 47.7 Å². The van der Waals surface area contributed by atoms with Crippen LogP contribution in [-0.4, -0.2) is 44.2 Å². The van der Waals surface area contributed by atoms with Crippen molar-refractivity contribution >= 4 is 5.91 Å². The van der Waals surface area contributed by atoms with Crippen LogP contribution in [0.3, 0.4) is 0 Å². The third-order valence-electron chi connectivity index (χ3n) is 5.67. The lowest BCUT2D eigenvalue weighted by Gasteiger charge is -2.31. The highest BCUT2D eigenvalue weighted by atomic mass is 16.5. The molecule has 2 N–H and O–H groups in total. The summed E-state index contributed by atoms with van der Waals surface area (Å²) in [6.07, 6.45) is 3.06. The van der Waals surface area contributed by atoms with Crippen molar-refractivity contribution in [3.8, 4) is 17.4 Å². The first-order valence-electron chi connectivity index (χ1n) is 10.5. The molecule has 1 aromatic carbocycles. The second-order valence-corrected chi connectivity index (χ2v) is 7.90. The van der Waals surface area contributed by atoms with Crippen LogP contribution in [0.4, 0.5) is 0 Å². The zero-order valence-corrected chi connectivity index (χ0v) is 17.5. The molecule has 2 atom stereocenters. The quantitative estimate of drug-likeness (QED) is 0.695. The number of pyridine rings is 1. The third-order valence-corrected chi connectivity index (χ3v) is 5.67. The molecule has 1 saturated heterocycles. The van der Waals surface area contributed by atoms with Crippen molar-refractivity contribution in [1.29, 1.82) is 0 Å². The molecular weight excluding hydrogens is 382 g/mol. The number of rotatable bonds is 8. The number of nitrogens with one attached hydrogen (secondary N) is 2. The number of amides is 1. The molecule has 2 fully saturated rings. The Morgan fingerprint density at radius 1 is 1.13 bits per heavy atom. The molecule has 0 bridgehead atoms. The zero-order chi connectivity index (χ0) is 20.9. The molecule has 2 aromatic rings. The number of benzene rings is 1. The Kier molecular flexibility index (Phi) is 6.38. The van der Waals surface area contributed by atoms with Crippen LogP contribution < -0.4 is 24.8 Å². The van der Waals surface area contributed by atoms with Gasteiger partial charge >= 0.3 is 0 Å². The minimum Gasteiger partial charge on any atom is -0.497 e. The van der Waals surface area contributed by atoms with Gasteiger partial charge in [0, 0.05) is 36.3 Å². The lowest BCUT2D eigenvalue weighted by molar-refractivity contribution is -0.126. The van der Waals surface area contributed by atoms with Gasteiger partial charge < -0.3 is 24.8 Å². The maximum atomic E-state index is 12.7. The lowest BCUT2D eigenvalue weighted by Crippen LogP contribution is -2.45. The van der Waals surface area contributed by atoms with Gasteiger partial charge in [0.15, 0.2) is 0 Å². The molecule has 7 nitrogen and oxygen atoms in total. The van der Waals surface area contributed by atoms with Crippen molar-refractivity contribution in [2.45, 2.75) is 37.8 Å². The van der Waals surface area contributed by atoms with E-state index in [1.807, 2.05) is 36.4 Å². The third kappa shape index (κ3) is 5.02. The van der Waals surface area contributed by atoms with Gasteiger partial charge in [-0.25, -0.2) is 4.98 Å². The molecule has 2 aliphatic rings. The van der Waals surface area contributed by atoms with Crippen LogP contribution in [0, 0.1) is 5.92 Å². The molecule has 1 aliphatic heterocycles. The van der Waals surface area contributed by atoms with Crippen molar-refractivity contribution < 1.29 is 19.0 Å². The van der Waals surface area contributed by atoms with E-state index in [9.17, 15) is 4.79 Å². The molecule has 1 unspecified atom stereocenters. The van der Waals surface area contributed by atoms with Crippen molar-refractivity contribution in [1.82, 2.24) is 15.6 Å². The van der Waals surface area contributed by atoms with Crippen molar-refractivity contribution in [3.63, 3.8) is 0 Å². The van der Waals surface area contributed by atoms with E-state index in [1.54, 1.807) is 14.2 Å². The number of methoxy groups -OCH3 is 2. The van der Waals surface area contributed by atoms with Crippen LogP contribution in [0.15, 0.2) is 36.4 Å². The Labute approximate surface area is 177 Å². The van der Waals surface area contributed by atoms with Gasteiger partial charge in [0.05, 0.1) is 20.1 Å². The number of hydrogen-bond donors (Lipinski definition) is 2. The summed E-state index contributed by atoms with van der Waals surface area (Å²) in [4.78, 5) is 17.4. The van der Waals surface area contributed by atoms with Gasteiger partial charge in [-0.05, 0) is 49.6 Å². The summed E-state index contributed by atoms with van der Waals surface area (Å²) in [7, 11) is 3.25. The first-order chi connectivity index (χ1) is 14.7. The van der Waals surface area contributed by atoms with Crippen LogP contribution in [0.2, 0.25) is 0 Å². The second-order valence-electron chi connectivity index (χ2n) is 7.90. The first kappa shape index (κ1) is 20.5. The number of piperidine rings is 1. The first-order valence-corrected chi connectivity index (χ1v) is 10.5. The van der Waals surface area contributed by atoms with E-state index < -0.39 is 0 Å². The highest BCUT2D eigenvalue weighted by Gasteiger charge is 2.35. The summed E-state index contributed by atoms with van der Waals surface area (Å²) in [5, 5.41) is 6.49. The fraction of sp³-hybridized carbons (Fsp3) is 0.478. The van der Waals surface area contributed by atoms with Crippen molar-refractivity contribution in [2.75, 3.05) is 27.3 Å². The Hall–Kier alpha value is -2.80. The molecule has 0 spiro atoms. The molecule has 2 heterocycles. The Morgan fingerprint density at radius 3 is 2.60 bits per heavy atom. The van der Waals surface area contributed by atoms with Crippen LogP contribution in [0.5, 0.6) is 17.4 Å². The number of ether oxygens (including phenoxy) is 3. The summed E-state index contributed by atoms with van der Waals surface area (Å²) >= 11 is 0. The number of carbonyl (C=O) groups excluding carboxylic acids is 1. The molecule has 160 valence electrons. The smallest absolute Gasteiger partial charge is 0.225 e. The van der Waals surface area contributed by atoms with Gasteiger partial charge in [0.1, 0.15) is 18.1 Å². The van der Waals surface area contributed by atoms with E-state index in [-0.39, 0.29) is 17.7 Å². The second kappa shape index (κ2) is 9.34. The molecule has 30 heavy (non-hydrogen) atoms. The fourth-order valence-corrected chi connectivity index (χ4v) is 3.85. The van der Waals surface area contributed by atoms with Crippen LogP contribution in [-0.2, 0) is 11.4 Å². The summed E-state index contributed by atoms with van der Waals surface area (Å²) in [6, 6.07) is 11.8. The van der Waals surface area contributed by atoms with E-state index in [0.29, 0.717) is 36.6 Å². The average Bonchev–Trinajstić information content (AvgIpc) is 3.61. The minimum atomic E-state index is -0.107. The number of aromatic nitrogens is 1. The van der Waals surface area contributed by atoms with Crippen molar-refractivity contribution in [2.24, 2.45) is 5.92 Å². The Balaban J connectivity index is 1.46. The van der Waals surface area contributed by atoms with E-state index in [4.69, 9.17) is 19.2 Å². The highest BCUT2D eigenvalue weighted by Crippen LogP contribution is 2.32. The molecule has 0 radical (unpaired) electrons. The summed E-state index contributed by atoms with van der Waals surface area (Å²) in [5.41, 5.74) is 1.84. The summed E-state index contributed by atoms with van der Waals surface area (Å²) < 4.78 is 16.6. The minimum absolute atomic E-state index is 0.0884. The molecule has 1 aromatic heterocycles. The molecule has 1 aliphatic carbocycles. The van der Waals surface area contributed by atoms with Crippen LogP contribution in [0.25, 0.3) is 0 Å².